The van der Waals surface area contributed by atoms with E-state index in [1.165, 1.54) is 0 Å². The van der Waals surface area contributed by atoms with Crippen LogP contribution in [0, 0.1) is 0 Å². The van der Waals surface area contributed by atoms with Crippen LogP contribution in [-0.4, -0.2) is 9.67 Å². The van der Waals surface area contributed by atoms with E-state index in [0.717, 1.165) is 29.7 Å². The zero-order valence-corrected chi connectivity index (χ0v) is 10.1. The maximum atomic E-state index is 10.1. The largest absolute Gasteiger partial charge is 0.380 e. The van der Waals surface area contributed by atoms with Crippen LogP contribution in [0.25, 0.3) is 11.0 Å². The highest BCUT2D eigenvalue weighted by Crippen LogP contribution is 2.20. The number of para-hydroxylation sites is 2. The van der Waals surface area contributed by atoms with Crippen molar-refractivity contribution in [2.24, 2.45) is 14.1 Å². The fourth-order valence-electron chi connectivity index (χ4n) is 2.35. The second-order valence-electron chi connectivity index (χ2n) is 4.27. The van der Waals surface area contributed by atoms with Crippen LogP contribution in [0.4, 0.5) is 0 Å². The van der Waals surface area contributed by atoms with Crippen molar-refractivity contribution in [1.82, 2.24) is 4.57 Å². The Balaban J connectivity index is 2.61. The van der Waals surface area contributed by atoms with Crippen LogP contribution < -0.4 is 4.57 Å². The molecule has 1 heterocycles. The van der Waals surface area contributed by atoms with Crippen molar-refractivity contribution in [2.75, 3.05) is 0 Å². The number of aryl methyl sites for hydroxylation is 2. The topological polar surface area (TPSA) is 29.0 Å². The molecule has 1 aromatic carbocycles. The summed E-state index contributed by atoms with van der Waals surface area (Å²) in [6.45, 7) is 2.09. The maximum absolute atomic E-state index is 10.1. The molecule has 0 aliphatic rings. The molecule has 0 aliphatic heterocycles. The van der Waals surface area contributed by atoms with Gasteiger partial charge in [-0.2, -0.15) is 0 Å². The van der Waals surface area contributed by atoms with Gasteiger partial charge in [-0.25, -0.2) is 9.13 Å². The van der Waals surface area contributed by atoms with E-state index in [2.05, 4.69) is 28.2 Å². The Labute approximate surface area is 95.9 Å². The summed E-state index contributed by atoms with van der Waals surface area (Å²) in [6, 6.07) is 8.21. The number of nitrogens with zero attached hydrogens (tertiary/aromatic N) is 2. The summed E-state index contributed by atoms with van der Waals surface area (Å²) >= 11 is 0. The molecule has 16 heavy (non-hydrogen) atoms. The molecule has 0 radical (unpaired) electrons. The van der Waals surface area contributed by atoms with Crippen LogP contribution >= 0.6 is 0 Å². The summed E-state index contributed by atoms with van der Waals surface area (Å²) < 4.78 is 4.16. The molecule has 0 fully saturated rings. The van der Waals surface area contributed by atoms with Crippen molar-refractivity contribution < 1.29 is 9.67 Å². The van der Waals surface area contributed by atoms with E-state index in [1.54, 1.807) is 0 Å². The smallest absolute Gasteiger partial charge is 0.286 e. The lowest BCUT2D eigenvalue weighted by molar-refractivity contribution is -0.658. The lowest BCUT2D eigenvalue weighted by atomic mass is 10.2. The normalized spacial score (nSPS) is 13.2. The number of hydrogen-bond donors (Lipinski definition) is 1. The Morgan fingerprint density at radius 2 is 2.06 bits per heavy atom. The highest BCUT2D eigenvalue weighted by Gasteiger charge is 2.25. The molecule has 0 bridgehead atoms. The lowest BCUT2D eigenvalue weighted by Gasteiger charge is -2.05. The number of hydrogen-bond acceptors (Lipinski definition) is 1. The third kappa shape index (κ3) is 1.61. The average molecular weight is 219 g/mol. The van der Waals surface area contributed by atoms with Crippen molar-refractivity contribution in [2.45, 2.75) is 25.9 Å². The molecule has 0 saturated carbocycles. The first-order valence-electron chi connectivity index (χ1n) is 5.78. The molecule has 3 heteroatoms. The Morgan fingerprint density at radius 3 is 2.69 bits per heavy atom. The molecule has 1 atom stereocenters. The van der Waals surface area contributed by atoms with Gasteiger partial charge >= 0.3 is 0 Å². The fraction of sp³-hybridized carbons (Fsp3) is 0.462. The highest BCUT2D eigenvalue weighted by atomic mass is 16.3. The molecule has 1 unspecified atom stereocenters. The van der Waals surface area contributed by atoms with Gasteiger partial charge in [0.25, 0.3) is 5.82 Å². The van der Waals surface area contributed by atoms with Crippen molar-refractivity contribution in [1.29, 1.82) is 0 Å². The predicted molar refractivity (Wildman–Crippen MR) is 64.0 cm³/mol. The Morgan fingerprint density at radius 1 is 1.38 bits per heavy atom. The third-order valence-electron chi connectivity index (χ3n) is 3.15. The van der Waals surface area contributed by atoms with E-state index < -0.39 is 0 Å². The zero-order valence-electron chi connectivity index (χ0n) is 10.1. The fourth-order valence-corrected chi connectivity index (χ4v) is 2.35. The van der Waals surface area contributed by atoms with E-state index in [9.17, 15) is 5.11 Å². The zero-order chi connectivity index (χ0) is 11.7. The first-order valence-corrected chi connectivity index (χ1v) is 5.78. The van der Waals surface area contributed by atoms with Crippen LogP contribution in [0.3, 0.4) is 0 Å². The molecule has 0 spiro atoms. The Bertz CT molecular complexity index is 463. The molecule has 2 rings (SSSR count). The van der Waals surface area contributed by atoms with Gasteiger partial charge in [-0.05, 0) is 18.6 Å². The minimum Gasteiger partial charge on any atom is -0.380 e. The first kappa shape index (κ1) is 11.1. The van der Waals surface area contributed by atoms with Gasteiger partial charge in [0.05, 0.1) is 14.1 Å². The minimum absolute atomic E-state index is 0.382. The maximum Gasteiger partial charge on any atom is 0.286 e. The number of rotatable bonds is 3. The lowest BCUT2D eigenvalue weighted by Crippen LogP contribution is -2.34. The number of aromatic nitrogens is 2. The molecule has 1 N–H and O–H groups in total. The van der Waals surface area contributed by atoms with Crippen LogP contribution in [0.1, 0.15) is 31.7 Å². The van der Waals surface area contributed by atoms with Crippen LogP contribution in [0.5, 0.6) is 0 Å². The van der Waals surface area contributed by atoms with Gasteiger partial charge in [0.1, 0.15) is 0 Å². The Kier molecular flexibility index (Phi) is 2.97. The van der Waals surface area contributed by atoms with Gasteiger partial charge in [-0.1, -0.05) is 25.5 Å². The van der Waals surface area contributed by atoms with Crippen molar-refractivity contribution in [3.8, 4) is 0 Å². The number of aliphatic hydroxyl groups excluding tert-OH is 1. The standard InChI is InChI=1S/C13H19N2O/c1-4-7-12(16)13-14(2)10-8-5-6-9-11(10)15(13)3/h5-6,8-9,12,16H,4,7H2,1-3H3/q+1. The van der Waals surface area contributed by atoms with Crippen LogP contribution in [0.15, 0.2) is 24.3 Å². The first-order chi connectivity index (χ1) is 7.66. The molecule has 1 aromatic heterocycles. The summed E-state index contributed by atoms with van der Waals surface area (Å²) in [6.07, 6.45) is 1.41. The van der Waals surface area contributed by atoms with E-state index in [0.29, 0.717) is 0 Å². The molecule has 0 aliphatic carbocycles. The number of benzene rings is 1. The van der Waals surface area contributed by atoms with Crippen molar-refractivity contribution in [3.63, 3.8) is 0 Å². The van der Waals surface area contributed by atoms with Gasteiger partial charge in [0.2, 0.25) is 0 Å². The van der Waals surface area contributed by atoms with Gasteiger partial charge in [-0.15, -0.1) is 0 Å². The Hall–Kier alpha value is -1.35. The van der Waals surface area contributed by atoms with Gasteiger partial charge in [-0.3, -0.25) is 0 Å². The monoisotopic (exact) mass is 219 g/mol. The number of fused-ring (bicyclic) bond motifs is 1. The van der Waals surface area contributed by atoms with E-state index in [4.69, 9.17) is 0 Å². The molecular weight excluding hydrogens is 200 g/mol. The molecule has 0 amide bonds. The second kappa shape index (κ2) is 4.26. The molecule has 86 valence electrons. The predicted octanol–water partition coefficient (Wildman–Crippen LogP) is 1.84. The molecule has 3 nitrogen and oxygen atoms in total. The van der Waals surface area contributed by atoms with E-state index in [1.807, 2.05) is 26.2 Å². The van der Waals surface area contributed by atoms with Crippen molar-refractivity contribution in [3.05, 3.63) is 30.1 Å². The number of aliphatic hydroxyl groups is 1. The molecule has 0 saturated heterocycles. The second-order valence-corrected chi connectivity index (χ2v) is 4.27. The summed E-state index contributed by atoms with van der Waals surface area (Å²) in [5.74, 6) is 0.975. The van der Waals surface area contributed by atoms with Gasteiger partial charge in [0, 0.05) is 0 Å². The number of imidazole rings is 1. The van der Waals surface area contributed by atoms with Gasteiger partial charge in [0.15, 0.2) is 17.1 Å². The van der Waals surface area contributed by atoms with Crippen LogP contribution in [0.2, 0.25) is 0 Å². The summed E-state index contributed by atoms with van der Waals surface area (Å²) in [4.78, 5) is 0. The third-order valence-corrected chi connectivity index (χ3v) is 3.15. The van der Waals surface area contributed by atoms with E-state index in [-0.39, 0.29) is 6.10 Å². The molecular formula is C13H19N2O+. The SMILES string of the molecule is CCCC(O)c1n(C)c2ccccc2[n+]1C. The van der Waals surface area contributed by atoms with Crippen LogP contribution in [-0.2, 0) is 14.1 Å². The quantitative estimate of drug-likeness (QED) is 0.784. The summed E-state index contributed by atoms with van der Waals surface area (Å²) in [5.41, 5.74) is 2.32. The van der Waals surface area contributed by atoms with Gasteiger partial charge < -0.3 is 5.11 Å². The molecule has 2 aromatic rings. The minimum atomic E-state index is -0.382. The highest BCUT2D eigenvalue weighted by molar-refractivity contribution is 5.72. The summed E-state index contributed by atoms with van der Waals surface area (Å²) in [7, 11) is 4.02. The average Bonchev–Trinajstić information content (AvgIpc) is 2.53. The van der Waals surface area contributed by atoms with E-state index >= 15 is 0 Å². The summed E-state index contributed by atoms with van der Waals surface area (Å²) in [5, 5.41) is 10.1. The van der Waals surface area contributed by atoms with Crippen molar-refractivity contribution >= 4 is 11.0 Å².